The first-order valence-corrected chi connectivity index (χ1v) is 8.23. The summed E-state index contributed by atoms with van der Waals surface area (Å²) in [5.74, 6) is 0. The van der Waals surface area contributed by atoms with Crippen LogP contribution in [0.25, 0.3) is 17.0 Å². The predicted octanol–water partition coefficient (Wildman–Crippen LogP) is 3.42. The van der Waals surface area contributed by atoms with Crippen LogP contribution in [-0.2, 0) is 10.9 Å². The minimum Gasteiger partial charge on any atom is -0.369 e. The lowest BCUT2D eigenvalue weighted by Crippen LogP contribution is -2.35. The Hall–Kier alpha value is -2.45. The van der Waals surface area contributed by atoms with Gasteiger partial charge in [0.1, 0.15) is 11.8 Å². The van der Waals surface area contributed by atoms with Crippen LogP contribution in [0, 0.1) is 0 Å². The Labute approximate surface area is 148 Å². The topological polar surface area (TPSA) is 42.7 Å². The maximum Gasteiger partial charge on any atom is 0.417 e. The minimum atomic E-state index is -4.41. The smallest absolute Gasteiger partial charge is 0.369 e. The lowest BCUT2D eigenvalue weighted by Gasteiger charge is -2.29. The van der Waals surface area contributed by atoms with Crippen molar-refractivity contribution in [3.63, 3.8) is 0 Å². The Bertz CT molecular complexity index is 938. The van der Waals surface area contributed by atoms with E-state index in [1.54, 1.807) is 6.07 Å². The number of likely N-dealkylation sites (N-methyl/N-ethyl adjacent to an activating group) is 1. The van der Waals surface area contributed by atoms with Gasteiger partial charge in [-0.1, -0.05) is 6.07 Å². The number of aromatic nitrogens is 3. The van der Waals surface area contributed by atoms with Gasteiger partial charge in [0, 0.05) is 19.3 Å². The van der Waals surface area contributed by atoms with Gasteiger partial charge >= 0.3 is 6.18 Å². The molecule has 136 valence electrons. The van der Waals surface area contributed by atoms with Crippen molar-refractivity contribution >= 4 is 5.65 Å². The Kier molecular flexibility index (Phi) is 4.16. The van der Waals surface area contributed by atoms with Crippen LogP contribution < -0.4 is 0 Å². The van der Waals surface area contributed by atoms with E-state index in [4.69, 9.17) is 4.74 Å². The zero-order chi connectivity index (χ0) is 18.3. The lowest BCUT2D eigenvalue weighted by atomic mass is 10.1. The fourth-order valence-corrected chi connectivity index (χ4v) is 3.07. The van der Waals surface area contributed by atoms with Crippen LogP contribution in [-0.4, -0.2) is 46.0 Å². The Morgan fingerprint density at radius 1 is 1.19 bits per heavy atom. The normalized spacial score (nSPS) is 19.2. The van der Waals surface area contributed by atoms with E-state index in [1.165, 1.54) is 16.7 Å². The number of rotatable bonds is 2. The summed E-state index contributed by atoms with van der Waals surface area (Å²) in [6, 6.07) is 7.86. The van der Waals surface area contributed by atoms with Crippen LogP contribution in [0.5, 0.6) is 0 Å². The molecule has 8 heteroatoms. The molecule has 1 fully saturated rings. The molecule has 0 radical (unpaired) electrons. The van der Waals surface area contributed by atoms with Gasteiger partial charge in [-0.15, -0.1) is 0 Å². The van der Waals surface area contributed by atoms with Gasteiger partial charge in [0.05, 0.1) is 35.4 Å². The van der Waals surface area contributed by atoms with Gasteiger partial charge in [0.2, 0.25) is 0 Å². The molecule has 1 atom stereocenters. The third-order valence-corrected chi connectivity index (χ3v) is 4.47. The van der Waals surface area contributed by atoms with Gasteiger partial charge in [-0.3, -0.25) is 4.40 Å². The van der Waals surface area contributed by atoms with Crippen molar-refractivity contribution in [1.29, 1.82) is 0 Å². The van der Waals surface area contributed by atoms with E-state index in [0.717, 1.165) is 31.0 Å². The highest BCUT2D eigenvalue weighted by Gasteiger charge is 2.31. The van der Waals surface area contributed by atoms with Crippen molar-refractivity contribution in [2.24, 2.45) is 0 Å². The molecule has 3 aromatic rings. The number of alkyl halides is 3. The van der Waals surface area contributed by atoms with E-state index in [1.807, 2.05) is 19.2 Å². The second kappa shape index (κ2) is 6.37. The zero-order valence-corrected chi connectivity index (χ0v) is 14.1. The monoisotopic (exact) mass is 362 g/mol. The number of imidazole rings is 1. The lowest BCUT2D eigenvalue weighted by molar-refractivity contribution is -0.137. The number of ether oxygens (including phenoxy) is 1. The van der Waals surface area contributed by atoms with Crippen molar-refractivity contribution in [2.45, 2.75) is 12.3 Å². The number of hydrogen-bond acceptors (Lipinski definition) is 4. The average molecular weight is 362 g/mol. The van der Waals surface area contributed by atoms with Crippen LogP contribution >= 0.6 is 0 Å². The number of halogens is 3. The van der Waals surface area contributed by atoms with Gasteiger partial charge in [0.25, 0.3) is 0 Å². The molecular formula is C18H17F3N4O. The van der Waals surface area contributed by atoms with Crippen molar-refractivity contribution in [3.05, 3.63) is 54.0 Å². The number of morpholine rings is 1. The largest absolute Gasteiger partial charge is 0.417 e. The summed E-state index contributed by atoms with van der Waals surface area (Å²) >= 11 is 0. The third-order valence-electron chi connectivity index (χ3n) is 4.47. The molecule has 0 spiro atoms. The summed E-state index contributed by atoms with van der Waals surface area (Å²) in [6.45, 7) is 2.21. The van der Waals surface area contributed by atoms with E-state index in [0.29, 0.717) is 23.6 Å². The number of pyridine rings is 2. The van der Waals surface area contributed by atoms with Crippen LogP contribution in [0.15, 0.2) is 42.7 Å². The second-order valence-electron chi connectivity index (χ2n) is 6.36. The molecule has 5 nitrogen and oxygen atoms in total. The fraction of sp³-hybridized carbons (Fsp3) is 0.333. The van der Waals surface area contributed by atoms with Crippen LogP contribution in [0.4, 0.5) is 13.2 Å². The van der Waals surface area contributed by atoms with Crippen LogP contribution in [0.3, 0.4) is 0 Å². The molecule has 0 aromatic carbocycles. The van der Waals surface area contributed by atoms with Gasteiger partial charge in [-0.2, -0.15) is 13.2 Å². The average Bonchev–Trinajstić information content (AvgIpc) is 3.04. The van der Waals surface area contributed by atoms with Crippen molar-refractivity contribution in [1.82, 2.24) is 19.3 Å². The molecule has 1 unspecified atom stereocenters. The first-order valence-electron chi connectivity index (χ1n) is 8.23. The van der Waals surface area contributed by atoms with Crippen molar-refractivity contribution in [2.75, 3.05) is 26.7 Å². The standard InChI is InChI=1S/C18H17F3N4O/c1-24-7-8-26-16(11-24)14-4-2-3-13(23-14)15-9-22-17-6-5-12(10-25(15)17)18(19,20)21/h2-6,9-10,16H,7-8,11H2,1H3. The van der Waals surface area contributed by atoms with Crippen LogP contribution in [0.1, 0.15) is 17.4 Å². The highest BCUT2D eigenvalue weighted by Crippen LogP contribution is 2.31. The summed E-state index contributed by atoms with van der Waals surface area (Å²) in [5.41, 5.74) is 1.55. The summed E-state index contributed by atoms with van der Waals surface area (Å²) < 4.78 is 46.3. The molecule has 4 rings (SSSR count). The zero-order valence-electron chi connectivity index (χ0n) is 14.1. The summed E-state index contributed by atoms with van der Waals surface area (Å²) in [6.07, 6.45) is -1.98. The molecule has 4 heterocycles. The Morgan fingerprint density at radius 2 is 2.04 bits per heavy atom. The van der Waals surface area contributed by atoms with E-state index >= 15 is 0 Å². The van der Waals surface area contributed by atoms with Gasteiger partial charge in [-0.25, -0.2) is 9.97 Å². The molecule has 0 bridgehead atoms. The maximum absolute atomic E-state index is 13.0. The summed E-state index contributed by atoms with van der Waals surface area (Å²) in [7, 11) is 2.02. The molecule has 3 aromatic heterocycles. The first kappa shape index (κ1) is 17.0. The SMILES string of the molecule is CN1CCOC(c2cccc(-c3cnc4ccc(C(F)(F)F)cn34)n2)C1. The summed E-state index contributed by atoms with van der Waals surface area (Å²) in [4.78, 5) is 11.0. The third kappa shape index (κ3) is 3.17. The second-order valence-corrected chi connectivity index (χ2v) is 6.36. The first-order chi connectivity index (χ1) is 12.4. The van der Waals surface area contributed by atoms with E-state index in [-0.39, 0.29) is 6.10 Å². The molecule has 26 heavy (non-hydrogen) atoms. The van der Waals surface area contributed by atoms with E-state index in [2.05, 4.69) is 14.9 Å². The Balaban J connectivity index is 1.74. The predicted molar refractivity (Wildman–Crippen MR) is 89.6 cm³/mol. The molecule has 1 aliphatic heterocycles. The van der Waals surface area contributed by atoms with Gasteiger partial charge in [0.15, 0.2) is 0 Å². The summed E-state index contributed by atoms with van der Waals surface area (Å²) in [5, 5.41) is 0. The Morgan fingerprint density at radius 3 is 2.81 bits per heavy atom. The molecule has 0 aliphatic carbocycles. The molecule has 1 saturated heterocycles. The molecule has 0 amide bonds. The van der Waals surface area contributed by atoms with Crippen molar-refractivity contribution in [3.8, 4) is 11.4 Å². The van der Waals surface area contributed by atoms with E-state index < -0.39 is 11.7 Å². The van der Waals surface area contributed by atoms with Gasteiger partial charge in [-0.05, 0) is 31.3 Å². The van der Waals surface area contributed by atoms with E-state index in [9.17, 15) is 13.2 Å². The highest BCUT2D eigenvalue weighted by molar-refractivity contribution is 5.60. The number of fused-ring (bicyclic) bond motifs is 1. The van der Waals surface area contributed by atoms with Gasteiger partial charge < -0.3 is 9.64 Å². The molecular weight excluding hydrogens is 345 g/mol. The number of hydrogen-bond donors (Lipinski definition) is 0. The van der Waals surface area contributed by atoms with Crippen LogP contribution in [0.2, 0.25) is 0 Å². The molecule has 0 saturated carbocycles. The maximum atomic E-state index is 13.0. The fourth-order valence-electron chi connectivity index (χ4n) is 3.07. The van der Waals surface area contributed by atoms with Crippen molar-refractivity contribution < 1.29 is 17.9 Å². The number of nitrogens with zero attached hydrogens (tertiary/aromatic N) is 4. The quantitative estimate of drug-likeness (QED) is 0.701. The highest BCUT2D eigenvalue weighted by atomic mass is 19.4. The minimum absolute atomic E-state index is 0.154. The molecule has 0 N–H and O–H groups in total. The molecule has 1 aliphatic rings.